The second kappa shape index (κ2) is 11.7. The van der Waals surface area contributed by atoms with E-state index in [1.54, 1.807) is 0 Å². The first-order chi connectivity index (χ1) is 10.7. The van der Waals surface area contributed by atoms with E-state index < -0.39 is 5.60 Å². The Labute approximate surface area is 143 Å². The summed E-state index contributed by atoms with van der Waals surface area (Å²) < 4.78 is 5.29. The highest BCUT2D eigenvalue weighted by Crippen LogP contribution is 2.10. The van der Waals surface area contributed by atoms with Crippen LogP contribution in [-0.4, -0.2) is 55.9 Å². The van der Waals surface area contributed by atoms with Gasteiger partial charge in [0.1, 0.15) is 5.60 Å². The van der Waals surface area contributed by atoms with Crippen LogP contribution in [0.25, 0.3) is 0 Å². The molecule has 0 heterocycles. The van der Waals surface area contributed by atoms with Crippen molar-refractivity contribution >= 4 is 6.09 Å². The van der Waals surface area contributed by atoms with Crippen LogP contribution in [0.15, 0.2) is 0 Å². The van der Waals surface area contributed by atoms with E-state index in [0.29, 0.717) is 18.4 Å². The summed E-state index contributed by atoms with van der Waals surface area (Å²) in [7, 11) is 0. The number of hydrogen-bond acceptors (Lipinski definition) is 4. The van der Waals surface area contributed by atoms with E-state index in [2.05, 4.69) is 43.2 Å². The summed E-state index contributed by atoms with van der Waals surface area (Å²) in [6.07, 6.45) is 0.866. The maximum absolute atomic E-state index is 11.8. The molecule has 2 N–H and O–H groups in total. The van der Waals surface area contributed by atoms with Crippen molar-refractivity contribution in [3.05, 3.63) is 0 Å². The van der Waals surface area contributed by atoms with Crippen molar-refractivity contribution in [3.8, 4) is 0 Å². The molecule has 0 radical (unpaired) electrons. The lowest BCUT2D eigenvalue weighted by Crippen LogP contribution is -2.41. The monoisotopic (exact) mass is 329 g/mol. The van der Waals surface area contributed by atoms with Gasteiger partial charge in [-0.05, 0) is 58.7 Å². The van der Waals surface area contributed by atoms with Crippen LogP contribution in [0.5, 0.6) is 0 Å². The van der Waals surface area contributed by atoms with Crippen molar-refractivity contribution in [2.75, 3.05) is 39.3 Å². The largest absolute Gasteiger partial charge is 0.444 e. The van der Waals surface area contributed by atoms with Crippen LogP contribution in [0.1, 0.15) is 54.9 Å². The van der Waals surface area contributed by atoms with Gasteiger partial charge in [0.15, 0.2) is 0 Å². The summed E-state index contributed by atoms with van der Waals surface area (Å²) in [5.41, 5.74) is -0.446. The summed E-state index contributed by atoms with van der Waals surface area (Å²) in [5, 5.41) is 6.42. The molecule has 0 aromatic heterocycles. The molecule has 1 unspecified atom stereocenters. The molecule has 0 aliphatic heterocycles. The fourth-order valence-electron chi connectivity index (χ4n) is 2.34. The Morgan fingerprint density at radius 2 is 1.78 bits per heavy atom. The predicted octanol–water partition coefficient (Wildman–Crippen LogP) is 3.10. The van der Waals surface area contributed by atoms with E-state index in [9.17, 15) is 4.79 Å². The molecule has 0 aromatic rings. The molecule has 0 saturated carbocycles. The molecular formula is C18H39N3O2. The molecule has 5 nitrogen and oxygen atoms in total. The molecule has 138 valence electrons. The zero-order valence-electron chi connectivity index (χ0n) is 16.4. The molecule has 0 spiro atoms. The van der Waals surface area contributed by atoms with Crippen molar-refractivity contribution < 1.29 is 9.53 Å². The molecule has 23 heavy (non-hydrogen) atoms. The highest BCUT2D eigenvalue weighted by atomic mass is 16.6. The van der Waals surface area contributed by atoms with Crippen LogP contribution < -0.4 is 10.6 Å². The third-order valence-corrected chi connectivity index (χ3v) is 3.85. The Morgan fingerprint density at radius 1 is 1.13 bits per heavy atom. The number of carbonyl (C=O) groups excluding carboxylic acids is 1. The number of alkyl carbamates (subject to hydrolysis) is 1. The van der Waals surface area contributed by atoms with Gasteiger partial charge in [0, 0.05) is 19.6 Å². The Kier molecular flexibility index (Phi) is 11.3. The number of likely N-dealkylation sites (N-methyl/N-ethyl adjacent to an activating group) is 1. The van der Waals surface area contributed by atoms with Gasteiger partial charge >= 0.3 is 6.09 Å². The first-order valence-corrected chi connectivity index (χ1v) is 9.09. The maximum atomic E-state index is 11.8. The molecule has 1 amide bonds. The first kappa shape index (κ1) is 22.2. The number of hydrogen-bond donors (Lipinski definition) is 2. The third kappa shape index (κ3) is 12.3. The lowest BCUT2D eigenvalue weighted by molar-refractivity contribution is 0.0515. The minimum atomic E-state index is -0.446. The maximum Gasteiger partial charge on any atom is 0.407 e. The lowest BCUT2D eigenvalue weighted by Gasteiger charge is -2.25. The van der Waals surface area contributed by atoms with Gasteiger partial charge in [-0.1, -0.05) is 27.7 Å². The molecular weight excluding hydrogens is 290 g/mol. The van der Waals surface area contributed by atoms with E-state index in [1.165, 1.54) is 6.42 Å². The van der Waals surface area contributed by atoms with Crippen molar-refractivity contribution in [2.45, 2.75) is 60.5 Å². The predicted molar refractivity (Wildman–Crippen MR) is 97.8 cm³/mol. The number of amides is 1. The second-order valence-electron chi connectivity index (χ2n) is 7.53. The summed E-state index contributed by atoms with van der Waals surface area (Å²) in [6, 6.07) is 0. The summed E-state index contributed by atoms with van der Waals surface area (Å²) >= 11 is 0. The fraction of sp³-hybridized carbons (Fsp3) is 0.944. The molecule has 0 aromatic carbocycles. The Bertz CT molecular complexity index is 314. The number of ether oxygens (including phenoxy) is 1. The normalized spacial score (nSPS) is 13.4. The molecule has 0 aliphatic carbocycles. The molecule has 0 fully saturated rings. The van der Waals surface area contributed by atoms with Crippen LogP contribution in [0.3, 0.4) is 0 Å². The average Bonchev–Trinajstić information content (AvgIpc) is 2.42. The van der Waals surface area contributed by atoms with Crippen molar-refractivity contribution in [3.63, 3.8) is 0 Å². The zero-order chi connectivity index (χ0) is 17.9. The van der Waals surface area contributed by atoms with Crippen LogP contribution in [-0.2, 0) is 4.74 Å². The van der Waals surface area contributed by atoms with Crippen LogP contribution in [0.4, 0.5) is 4.79 Å². The van der Waals surface area contributed by atoms with Gasteiger partial charge in [-0.3, -0.25) is 0 Å². The highest BCUT2D eigenvalue weighted by molar-refractivity contribution is 5.67. The zero-order valence-corrected chi connectivity index (χ0v) is 16.4. The van der Waals surface area contributed by atoms with Gasteiger partial charge in [-0.15, -0.1) is 0 Å². The van der Waals surface area contributed by atoms with Gasteiger partial charge in [0.05, 0.1) is 0 Å². The van der Waals surface area contributed by atoms with Crippen LogP contribution >= 0.6 is 0 Å². The van der Waals surface area contributed by atoms with Crippen molar-refractivity contribution in [1.82, 2.24) is 15.5 Å². The van der Waals surface area contributed by atoms with Gasteiger partial charge < -0.3 is 20.3 Å². The van der Waals surface area contributed by atoms with Crippen LogP contribution in [0.2, 0.25) is 0 Å². The molecule has 0 rings (SSSR count). The Morgan fingerprint density at radius 3 is 2.26 bits per heavy atom. The topological polar surface area (TPSA) is 53.6 Å². The van der Waals surface area contributed by atoms with Gasteiger partial charge in [0.2, 0.25) is 0 Å². The lowest BCUT2D eigenvalue weighted by atomic mass is 9.96. The molecule has 5 heteroatoms. The summed E-state index contributed by atoms with van der Waals surface area (Å²) in [6.45, 7) is 20.3. The number of nitrogens with zero attached hydrogens (tertiary/aromatic N) is 1. The first-order valence-electron chi connectivity index (χ1n) is 9.09. The van der Waals surface area contributed by atoms with E-state index in [1.807, 2.05) is 20.8 Å². The Balaban J connectivity index is 4.06. The summed E-state index contributed by atoms with van der Waals surface area (Å²) in [5.74, 6) is 0.916. The van der Waals surface area contributed by atoms with E-state index in [4.69, 9.17) is 4.74 Å². The van der Waals surface area contributed by atoms with Crippen molar-refractivity contribution in [1.29, 1.82) is 0 Å². The number of carbonyl (C=O) groups is 1. The van der Waals surface area contributed by atoms with E-state index >= 15 is 0 Å². The van der Waals surface area contributed by atoms with Gasteiger partial charge in [-0.2, -0.15) is 0 Å². The molecule has 0 aliphatic rings. The highest BCUT2D eigenvalue weighted by Gasteiger charge is 2.19. The molecule has 1 atom stereocenters. The Hall–Kier alpha value is -0.810. The molecule has 0 saturated heterocycles. The minimum absolute atomic E-state index is 0.330. The smallest absolute Gasteiger partial charge is 0.407 e. The van der Waals surface area contributed by atoms with E-state index in [-0.39, 0.29) is 6.09 Å². The standard InChI is InChI=1S/C18H39N3O2/c1-8-11-21(9-2)12-10-19-13-16(15(3)4)14-20-17(22)23-18(5,6)7/h15-16,19H,8-14H2,1-7H3,(H,20,22). The van der Waals surface area contributed by atoms with Gasteiger partial charge in [-0.25, -0.2) is 4.79 Å². The summed E-state index contributed by atoms with van der Waals surface area (Å²) in [4.78, 5) is 14.2. The fourth-order valence-corrected chi connectivity index (χ4v) is 2.34. The number of nitrogens with one attached hydrogen (secondary N) is 2. The van der Waals surface area contributed by atoms with Gasteiger partial charge in [0.25, 0.3) is 0 Å². The number of rotatable bonds is 11. The minimum Gasteiger partial charge on any atom is -0.444 e. The quantitative estimate of drug-likeness (QED) is 0.572. The van der Waals surface area contributed by atoms with Crippen LogP contribution in [0, 0.1) is 11.8 Å². The molecule has 0 bridgehead atoms. The third-order valence-electron chi connectivity index (χ3n) is 3.85. The van der Waals surface area contributed by atoms with E-state index in [0.717, 1.165) is 32.7 Å². The SMILES string of the molecule is CCCN(CC)CCNCC(CNC(=O)OC(C)(C)C)C(C)C. The van der Waals surface area contributed by atoms with Crippen molar-refractivity contribution in [2.24, 2.45) is 11.8 Å². The second-order valence-corrected chi connectivity index (χ2v) is 7.53. The average molecular weight is 330 g/mol.